The molecule has 0 radical (unpaired) electrons. The number of aromatic hydroxyl groups is 1. The van der Waals surface area contributed by atoms with Crippen LogP contribution in [0.3, 0.4) is 0 Å². The summed E-state index contributed by atoms with van der Waals surface area (Å²) in [5, 5.41) is 10.2. The Balaban J connectivity index is 1.77. The molecule has 2 aromatic carbocycles. The third-order valence-electron chi connectivity index (χ3n) is 4.46. The highest BCUT2D eigenvalue weighted by Crippen LogP contribution is 2.26. The van der Waals surface area contributed by atoms with E-state index in [0.717, 1.165) is 37.1 Å². The Kier molecular flexibility index (Phi) is 5.89. The summed E-state index contributed by atoms with van der Waals surface area (Å²) in [4.78, 5) is 2.18. The summed E-state index contributed by atoms with van der Waals surface area (Å²) in [6.07, 6.45) is 2.29. The third kappa shape index (κ3) is 4.94. The van der Waals surface area contributed by atoms with Gasteiger partial charge in [0.05, 0.1) is 13.2 Å². The van der Waals surface area contributed by atoms with Gasteiger partial charge in [0.1, 0.15) is 17.3 Å². The lowest BCUT2D eigenvalue weighted by atomic mass is 10.1. The average molecular weight is 345 g/mol. The van der Waals surface area contributed by atoms with Gasteiger partial charge in [-0.25, -0.2) is 4.39 Å². The molecule has 4 nitrogen and oxygen atoms in total. The van der Waals surface area contributed by atoms with Crippen molar-refractivity contribution in [2.75, 3.05) is 20.3 Å². The van der Waals surface area contributed by atoms with Gasteiger partial charge >= 0.3 is 0 Å². The number of ether oxygens (including phenoxy) is 2. The van der Waals surface area contributed by atoms with Gasteiger partial charge in [-0.3, -0.25) is 4.90 Å². The number of hydrogen-bond donors (Lipinski definition) is 1. The Morgan fingerprint density at radius 3 is 2.84 bits per heavy atom. The van der Waals surface area contributed by atoms with Crippen LogP contribution in [0.1, 0.15) is 24.0 Å². The van der Waals surface area contributed by atoms with E-state index in [1.807, 2.05) is 12.1 Å². The first-order chi connectivity index (χ1) is 12.1. The minimum Gasteiger partial charge on any atom is -0.508 e. The van der Waals surface area contributed by atoms with Crippen molar-refractivity contribution < 1.29 is 19.0 Å². The number of halogens is 1. The maximum Gasteiger partial charge on any atom is 0.123 e. The van der Waals surface area contributed by atoms with Crippen LogP contribution in [-0.4, -0.2) is 36.4 Å². The summed E-state index contributed by atoms with van der Waals surface area (Å²) in [5.41, 5.74) is 1.69. The van der Waals surface area contributed by atoms with E-state index in [2.05, 4.69) is 4.90 Å². The Morgan fingerprint density at radius 1 is 1.24 bits per heavy atom. The minimum atomic E-state index is -0.237. The van der Waals surface area contributed by atoms with Gasteiger partial charge < -0.3 is 14.6 Å². The van der Waals surface area contributed by atoms with E-state index < -0.39 is 0 Å². The van der Waals surface area contributed by atoms with Crippen LogP contribution in [0.2, 0.25) is 0 Å². The van der Waals surface area contributed by atoms with E-state index in [-0.39, 0.29) is 17.7 Å². The van der Waals surface area contributed by atoms with Crippen LogP contribution in [0.4, 0.5) is 4.39 Å². The molecule has 1 fully saturated rings. The molecule has 1 unspecified atom stereocenters. The molecule has 25 heavy (non-hydrogen) atoms. The van der Waals surface area contributed by atoms with Gasteiger partial charge in [0.2, 0.25) is 0 Å². The average Bonchev–Trinajstić information content (AvgIpc) is 3.10. The monoisotopic (exact) mass is 345 g/mol. The zero-order valence-corrected chi connectivity index (χ0v) is 14.5. The van der Waals surface area contributed by atoms with Crippen molar-refractivity contribution in [3.8, 4) is 11.5 Å². The Morgan fingerprint density at radius 2 is 2.12 bits per heavy atom. The first-order valence-corrected chi connectivity index (χ1v) is 8.58. The molecule has 1 N–H and O–H groups in total. The molecule has 0 spiro atoms. The van der Waals surface area contributed by atoms with Gasteiger partial charge in [-0.2, -0.15) is 0 Å². The third-order valence-corrected chi connectivity index (χ3v) is 4.46. The Labute approximate surface area is 147 Å². The lowest BCUT2D eigenvalue weighted by Crippen LogP contribution is -2.31. The zero-order valence-electron chi connectivity index (χ0n) is 14.5. The largest absolute Gasteiger partial charge is 0.508 e. The molecule has 5 heteroatoms. The predicted molar refractivity (Wildman–Crippen MR) is 94.1 cm³/mol. The maximum absolute atomic E-state index is 13.5. The highest BCUT2D eigenvalue weighted by Gasteiger charge is 2.20. The number of phenols is 1. The first-order valence-electron chi connectivity index (χ1n) is 8.58. The van der Waals surface area contributed by atoms with Crippen LogP contribution in [0.5, 0.6) is 11.5 Å². The van der Waals surface area contributed by atoms with Crippen molar-refractivity contribution in [1.82, 2.24) is 4.90 Å². The second-order valence-electron chi connectivity index (χ2n) is 6.43. The van der Waals surface area contributed by atoms with E-state index >= 15 is 0 Å². The summed E-state index contributed by atoms with van der Waals surface area (Å²) in [6.45, 7) is 2.67. The second kappa shape index (κ2) is 8.32. The lowest BCUT2D eigenvalue weighted by molar-refractivity contribution is 0.0676. The van der Waals surface area contributed by atoms with Gasteiger partial charge in [0.15, 0.2) is 0 Å². The predicted octanol–water partition coefficient (Wildman–Crippen LogP) is 3.72. The van der Waals surface area contributed by atoms with Gasteiger partial charge in [-0.05, 0) is 48.7 Å². The molecule has 2 aromatic rings. The van der Waals surface area contributed by atoms with Gasteiger partial charge in [0.25, 0.3) is 0 Å². The molecule has 1 aliphatic rings. The number of rotatable bonds is 7. The number of nitrogens with zero attached hydrogens (tertiary/aromatic N) is 1. The van der Waals surface area contributed by atoms with E-state index in [1.165, 1.54) is 6.07 Å². The highest BCUT2D eigenvalue weighted by atomic mass is 19.1. The maximum atomic E-state index is 13.5. The minimum absolute atomic E-state index is 0.182. The highest BCUT2D eigenvalue weighted by molar-refractivity contribution is 5.39. The molecular formula is C20H24FNO3. The molecule has 0 saturated carbocycles. The SMILES string of the molecule is COc1ccc(O)c(CN(Cc2cccc(F)c2)CC2CCCO2)c1. The summed E-state index contributed by atoms with van der Waals surface area (Å²) in [7, 11) is 1.60. The summed E-state index contributed by atoms with van der Waals surface area (Å²) in [6, 6.07) is 11.8. The van der Waals surface area contributed by atoms with Crippen molar-refractivity contribution in [3.05, 3.63) is 59.4 Å². The number of phenolic OH excluding ortho intramolecular Hbond substituents is 1. The van der Waals surface area contributed by atoms with Gasteiger partial charge in [-0.1, -0.05) is 12.1 Å². The Bertz CT molecular complexity index is 701. The molecule has 0 aromatic heterocycles. The van der Waals surface area contributed by atoms with Crippen LogP contribution in [0.25, 0.3) is 0 Å². The molecule has 1 saturated heterocycles. The van der Waals surface area contributed by atoms with Crippen molar-refractivity contribution in [2.45, 2.75) is 32.0 Å². The van der Waals surface area contributed by atoms with Gasteiger partial charge in [-0.15, -0.1) is 0 Å². The standard InChI is InChI=1S/C20H24FNO3/c1-24-18-7-8-20(23)16(11-18)13-22(14-19-6-3-9-25-19)12-15-4-2-5-17(21)10-15/h2,4-5,7-8,10-11,19,23H,3,6,9,12-14H2,1H3. The fraction of sp³-hybridized carbons (Fsp3) is 0.400. The van der Waals surface area contributed by atoms with E-state index in [1.54, 1.807) is 31.4 Å². The lowest BCUT2D eigenvalue weighted by Gasteiger charge is -2.26. The fourth-order valence-corrected chi connectivity index (χ4v) is 3.21. The Hall–Kier alpha value is -2.11. The first kappa shape index (κ1) is 17.7. The van der Waals surface area contributed by atoms with E-state index in [0.29, 0.717) is 18.8 Å². The van der Waals surface area contributed by atoms with Gasteiger partial charge in [0, 0.05) is 31.8 Å². The molecular weight excluding hydrogens is 321 g/mol. The fourth-order valence-electron chi connectivity index (χ4n) is 3.21. The summed E-state index contributed by atoms with van der Waals surface area (Å²) in [5.74, 6) is 0.701. The van der Waals surface area contributed by atoms with Crippen LogP contribution in [0.15, 0.2) is 42.5 Å². The van der Waals surface area contributed by atoms with Crippen LogP contribution >= 0.6 is 0 Å². The number of hydrogen-bond acceptors (Lipinski definition) is 4. The van der Waals surface area contributed by atoms with Crippen molar-refractivity contribution >= 4 is 0 Å². The van der Waals surface area contributed by atoms with E-state index in [9.17, 15) is 9.50 Å². The topological polar surface area (TPSA) is 41.9 Å². The van der Waals surface area contributed by atoms with Crippen LogP contribution < -0.4 is 4.74 Å². The summed E-state index contributed by atoms with van der Waals surface area (Å²) >= 11 is 0. The molecule has 3 rings (SSSR count). The van der Waals surface area contributed by atoms with Crippen molar-refractivity contribution in [1.29, 1.82) is 0 Å². The normalized spacial score (nSPS) is 17.2. The van der Waals surface area contributed by atoms with Crippen LogP contribution in [-0.2, 0) is 17.8 Å². The molecule has 0 aliphatic carbocycles. The molecule has 0 bridgehead atoms. The summed E-state index contributed by atoms with van der Waals surface area (Å²) < 4.78 is 24.5. The smallest absolute Gasteiger partial charge is 0.123 e. The van der Waals surface area contributed by atoms with E-state index in [4.69, 9.17) is 9.47 Å². The molecule has 134 valence electrons. The number of methoxy groups -OCH3 is 1. The van der Waals surface area contributed by atoms with Crippen molar-refractivity contribution in [3.63, 3.8) is 0 Å². The quantitative estimate of drug-likeness (QED) is 0.830. The molecule has 1 aliphatic heterocycles. The zero-order chi connectivity index (χ0) is 17.6. The second-order valence-corrected chi connectivity index (χ2v) is 6.43. The van der Waals surface area contributed by atoms with Crippen molar-refractivity contribution in [2.24, 2.45) is 0 Å². The molecule has 1 heterocycles. The molecule has 0 amide bonds. The molecule has 1 atom stereocenters. The van der Waals surface area contributed by atoms with Crippen LogP contribution in [0, 0.1) is 5.82 Å². The number of benzene rings is 2.